The van der Waals surface area contributed by atoms with Crippen molar-refractivity contribution in [1.82, 2.24) is 0 Å². The van der Waals surface area contributed by atoms with Gasteiger partial charge in [0.05, 0.1) is 19.3 Å². The van der Waals surface area contributed by atoms with Crippen LogP contribution in [-0.4, -0.2) is 30.0 Å². The second kappa shape index (κ2) is 3.15. The zero-order valence-corrected chi connectivity index (χ0v) is 8.41. The molecule has 2 aliphatic heterocycles. The lowest BCUT2D eigenvalue weighted by atomic mass is 9.77. The second-order valence-electron chi connectivity index (χ2n) is 3.96. The van der Waals surface area contributed by atoms with E-state index in [4.69, 9.17) is 20.5 Å². The molecule has 2 heterocycles. The highest BCUT2D eigenvalue weighted by Crippen LogP contribution is 2.48. The normalized spacial score (nSPS) is 42.6. The van der Waals surface area contributed by atoms with Gasteiger partial charge in [0.1, 0.15) is 11.2 Å². The molecular weight excluding hydrogens is 184 g/mol. The molecule has 80 valence electrons. The van der Waals surface area contributed by atoms with Crippen molar-refractivity contribution < 1.29 is 9.47 Å². The van der Waals surface area contributed by atoms with Crippen molar-refractivity contribution in [2.24, 2.45) is 17.4 Å². The van der Waals surface area contributed by atoms with Gasteiger partial charge in [0, 0.05) is 0 Å². The predicted molar refractivity (Wildman–Crippen MR) is 49.6 cm³/mol. The van der Waals surface area contributed by atoms with Gasteiger partial charge in [0.2, 0.25) is 0 Å². The molecule has 6 heteroatoms. The summed E-state index contributed by atoms with van der Waals surface area (Å²) in [5, 5.41) is 9.00. The Bertz CT molecular complexity index is 247. The van der Waals surface area contributed by atoms with E-state index in [1.54, 1.807) is 0 Å². The third-order valence-corrected chi connectivity index (χ3v) is 3.00. The number of rotatable bonds is 2. The van der Waals surface area contributed by atoms with E-state index in [0.717, 1.165) is 0 Å². The van der Waals surface area contributed by atoms with E-state index in [-0.39, 0.29) is 0 Å². The first kappa shape index (κ1) is 11.4. The molecule has 0 aromatic heterocycles. The van der Waals surface area contributed by atoms with Crippen LogP contribution in [0.25, 0.3) is 0 Å². The second-order valence-corrected chi connectivity index (χ2v) is 3.96. The van der Waals surface area contributed by atoms with Gasteiger partial charge in [-0.1, -0.05) is 0 Å². The molecule has 0 amide bonds. The van der Waals surface area contributed by atoms with Crippen LogP contribution < -0.4 is 17.4 Å². The molecule has 2 saturated heterocycles. The maximum Gasteiger partial charge on any atom is 0.166 e. The molecule has 2 unspecified atom stereocenters. The van der Waals surface area contributed by atoms with Gasteiger partial charge >= 0.3 is 0 Å². The van der Waals surface area contributed by atoms with Gasteiger partial charge < -0.3 is 15.2 Å². The number of hydrazine groups is 1. The van der Waals surface area contributed by atoms with Gasteiger partial charge in [-0.05, 0) is 13.8 Å². The molecular formula is C8H16N4O2. The lowest BCUT2D eigenvalue weighted by molar-refractivity contribution is 0.147. The Morgan fingerprint density at radius 2 is 1.50 bits per heavy atom. The highest BCUT2D eigenvalue weighted by atomic mass is 16.6. The Morgan fingerprint density at radius 3 is 1.64 bits per heavy atom. The van der Waals surface area contributed by atoms with Gasteiger partial charge in [-0.3, -0.25) is 11.7 Å². The molecule has 14 heavy (non-hydrogen) atoms. The quantitative estimate of drug-likeness (QED) is 0.286. The lowest BCUT2D eigenvalue weighted by Gasteiger charge is -2.29. The maximum atomic E-state index is 9.00. The zero-order chi connectivity index (χ0) is 11.0. The molecule has 0 spiro atoms. The molecule has 0 aromatic rings. The van der Waals surface area contributed by atoms with Crippen LogP contribution in [0.5, 0.6) is 0 Å². The van der Waals surface area contributed by atoms with Crippen molar-refractivity contribution in [2.75, 3.05) is 13.2 Å². The average Bonchev–Trinajstić information content (AvgIpc) is 3.09. The lowest BCUT2D eigenvalue weighted by Crippen LogP contribution is -2.61. The van der Waals surface area contributed by atoms with Crippen LogP contribution >= 0.6 is 0 Å². The standard InChI is InChI=1S/C8H12N2O2.H4N2/c1-6(4-11-6)8(10,3-9)7(2)5-12-7;1-2/h4-5,10H2,1-2H3;1-2H2. The molecule has 6 nitrogen and oxygen atoms in total. The Balaban J connectivity index is 0.000000461. The van der Waals surface area contributed by atoms with Gasteiger partial charge in [0.15, 0.2) is 5.54 Å². The fourth-order valence-corrected chi connectivity index (χ4v) is 1.47. The number of ether oxygens (including phenoxy) is 2. The Labute approximate surface area is 82.9 Å². The summed E-state index contributed by atoms with van der Waals surface area (Å²) in [6.45, 7) is 4.80. The average molecular weight is 200 g/mol. The minimum absolute atomic E-state index is 0.507. The Hall–Kier alpha value is -0.710. The highest BCUT2D eigenvalue weighted by Gasteiger charge is 2.70. The fourth-order valence-electron chi connectivity index (χ4n) is 1.47. The molecule has 0 bridgehead atoms. The first-order valence-corrected chi connectivity index (χ1v) is 4.29. The predicted octanol–water partition coefficient (Wildman–Crippen LogP) is -1.40. The van der Waals surface area contributed by atoms with Gasteiger partial charge in [-0.2, -0.15) is 5.26 Å². The van der Waals surface area contributed by atoms with Crippen LogP contribution in [0, 0.1) is 11.3 Å². The number of epoxide rings is 2. The summed E-state index contributed by atoms with van der Waals surface area (Å²) < 4.78 is 10.4. The molecule has 2 atom stereocenters. The number of nitrogens with two attached hydrogens (primary N) is 3. The van der Waals surface area contributed by atoms with E-state index in [1.165, 1.54) is 0 Å². The molecule has 0 aliphatic carbocycles. The smallest absolute Gasteiger partial charge is 0.166 e. The van der Waals surface area contributed by atoms with Crippen LogP contribution in [-0.2, 0) is 9.47 Å². The van der Waals surface area contributed by atoms with Crippen molar-refractivity contribution in [1.29, 1.82) is 5.26 Å². The van der Waals surface area contributed by atoms with Crippen molar-refractivity contribution >= 4 is 0 Å². The summed E-state index contributed by atoms with van der Waals surface area (Å²) in [4.78, 5) is 0. The fraction of sp³-hybridized carbons (Fsp3) is 0.875. The summed E-state index contributed by atoms with van der Waals surface area (Å²) in [7, 11) is 0. The topological polar surface area (TPSA) is 127 Å². The zero-order valence-electron chi connectivity index (χ0n) is 8.41. The molecule has 6 N–H and O–H groups in total. The number of hydrogen-bond acceptors (Lipinski definition) is 6. The van der Waals surface area contributed by atoms with E-state index < -0.39 is 16.7 Å². The number of nitrogens with zero attached hydrogens (tertiary/aromatic N) is 1. The van der Waals surface area contributed by atoms with Crippen LogP contribution in [0.1, 0.15) is 13.8 Å². The highest BCUT2D eigenvalue weighted by molar-refractivity contribution is 5.32. The number of nitriles is 1. The molecule has 2 rings (SSSR count). The van der Waals surface area contributed by atoms with Crippen molar-refractivity contribution in [3.63, 3.8) is 0 Å². The van der Waals surface area contributed by atoms with Crippen LogP contribution in [0.3, 0.4) is 0 Å². The van der Waals surface area contributed by atoms with E-state index in [1.807, 2.05) is 13.8 Å². The van der Waals surface area contributed by atoms with Crippen molar-refractivity contribution in [3.05, 3.63) is 0 Å². The van der Waals surface area contributed by atoms with Crippen LogP contribution in [0.4, 0.5) is 0 Å². The molecule has 2 fully saturated rings. The van der Waals surface area contributed by atoms with E-state index in [0.29, 0.717) is 13.2 Å². The maximum absolute atomic E-state index is 9.00. The van der Waals surface area contributed by atoms with Gasteiger partial charge in [-0.25, -0.2) is 0 Å². The third kappa shape index (κ3) is 1.30. The summed E-state index contributed by atoms with van der Waals surface area (Å²) in [6.07, 6.45) is 0. The van der Waals surface area contributed by atoms with Crippen LogP contribution in [0.2, 0.25) is 0 Å². The van der Waals surface area contributed by atoms with Crippen molar-refractivity contribution in [3.8, 4) is 6.07 Å². The van der Waals surface area contributed by atoms with E-state index >= 15 is 0 Å². The molecule has 0 aromatic carbocycles. The minimum atomic E-state index is -1.00. The minimum Gasteiger partial charge on any atom is -0.367 e. The first-order valence-electron chi connectivity index (χ1n) is 4.29. The number of hydrogen-bond donors (Lipinski definition) is 3. The molecule has 2 aliphatic rings. The SMILES string of the molecule is CC1(C(N)(C#N)C2(C)CO2)CO1.NN. The Morgan fingerprint density at radius 1 is 1.21 bits per heavy atom. The largest absolute Gasteiger partial charge is 0.367 e. The Kier molecular flexibility index (Phi) is 2.56. The summed E-state index contributed by atoms with van der Waals surface area (Å²) in [6, 6.07) is 2.11. The van der Waals surface area contributed by atoms with Gasteiger partial charge in [-0.15, -0.1) is 0 Å². The molecule has 0 radical (unpaired) electrons. The van der Waals surface area contributed by atoms with Crippen LogP contribution in [0.15, 0.2) is 0 Å². The first-order chi connectivity index (χ1) is 6.47. The summed E-state index contributed by atoms with van der Waals surface area (Å²) >= 11 is 0. The summed E-state index contributed by atoms with van der Waals surface area (Å²) in [5.74, 6) is 8.00. The van der Waals surface area contributed by atoms with E-state index in [2.05, 4.69) is 17.8 Å². The third-order valence-electron chi connectivity index (χ3n) is 3.00. The van der Waals surface area contributed by atoms with Gasteiger partial charge in [0.25, 0.3) is 0 Å². The monoisotopic (exact) mass is 200 g/mol. The summed E-state index contributed by atoms with van der Waals surface area (Å²) in [5.41, 5.74) is 3.95. The van der Waals surface area contributed by atoms with Crippen molar-refractivity contribution in [2.45, 2.75) is 30.6 Å². The molecule has 0 saturated carbocycles. The van der Waals surface area contributed by atoms with E-state index in [9.17, 15) is 0 Å².